The van der Waals surface area contributed by atoms with Crippen molar-refractivity contribution in [2.24, 2.45) is 0 Å². The lowest BCUT2D eigenvalue weighted by atomic mass is 10.1. The van der Waals surface area contributed by atoms with E-state index in [4.69, 9.17) is 33.9 Å². The van der Waals surface area contributed by atoms with Crippen molar-refractivity contribution in [3.8, 4) is 0 Å². The summed E-state index contributed by atoms with van der Waals surface area (Å²) in [6, 6.07) is 14.8. The molecule has 0 radical (unpaired) electrons. The molecule has 3 heterocycles. The summed E-state index contributed by atoms with van der Waals surface area (Å²) in [5.41, 5.74) is 4.99. The van der Waals surface area contributed by atoms with Crippen LogP contribution < -0.4 is 21.0 Å². The summed E-state index contributed by atoms with van der Waals surface area (Å²) in [4.78, 5) is 46.6. The molecular weight excluding hydrogens is 580 g/mol. The predicted molar refractivity (Wildman–Crippen MR) is 171 cm³/mol. The van der Waals surface area contributed by atoms with Crippen molar-refractivity contribution in [1.82, 2.24) is 9.97 Å². The normalized spacial score (nSPS) is 15.8. The highest BCUT2D eigenvalue weighted by molar-refractivity contribution is 6.06. The number of nitrogens with zero attached hydrogens (tertiary/aromatic N) is 4. The van der Waals surface area contributed by atoms with Gasteiger partial charge < -0.3 is 24.8 Å². The second-order valence-electron chi connectivity index (χ2n) is 10.4. The summed E-state index contributed by atoms with van der Waals surface area (Å²) in [5, 5.41) is 10.2. The number of hydrogen-bond acceptors (Lipinski definition) is 11. The molecule has 4 aromatic rings. The molecule has 0 saturated carbocycles. The van der Waals surface area contributed by atoms with Crippen LogP contribution >= 0.6 is 0 Å². The summed E-state index contributed by atoms with van der Waals surface area (Å²) in [7, 11) is 0. The fourth-order valence-corrected chi connectivity index (χ4v) is 4.85. The molecule has 13 nitrogen and oxygen atoms in total. The topological polar surface area (TPSA) is 137 Å². The van der Waals surface area contributed by atoms with Crippen LogP contribution in [0.2, 0.25) is 0 Å². The molecule has 13 heteroatoms. The van der Waals surface area contributed by atoms with Crippen LogP contribution in [-0.4, -0.2) is 74.6 Å². The highest BCUT2D eigenvalue weighted by Crippen LogP contribution is 2.37. The number of pyridine rings is 2. The summed E-state index contributed by atoms with van der Waals surface area (Å²) in [5.74, 6) is -0.401. The molecule has 2 amide bonds. The first-order chi connectivity index (χ1) is 21.8. The van der Waals surface area contributed by atoms with Gasteiger partial charge in [0.15, 0.2) is 0 Å². The van der Waals surface area contributed by atoms with Gasteiger partial charge in [-0.1, -0.05) is 0 Å². The Balaban J connectivity index is 1.69. The zero-order chi connectivity index (χ0) is 31.8. The summed E-state index contributed by atoms with van der Waals surface area (Å²) >= 11 is 0. The van der Waals surface area contributed by atoms with E-state index in [0.717, 1.165) is 11.4 Å². The Morgan fingerprint density at radius 1 is 0.578 bits per heavy atom. The maximum absolute atomic E-state index is 12.0. The van der Waals surface area contributed by atoms with Gasteiger partial charge in [-0.2, -0.15) is 0 Å². The first kappa shape index (κ1) is 32.0. The molecule has 0 aliphatic carbocycles. The first-order valence-electron chi connectivity index (χ1n) is 14.8. The first-order valence-corrected chi connectivity index (χ1v) is 14.8. The molecule has 238 valence electrons. The van der Waals surface area contributed by atoms with Gasteiger partial charge in [0.05, 0.1) is 51.0 Å². The summed E-state index contributed by atoms with van der Waals surface area (Å²) in [6.07, 6.45) is 0. The summed E-state index contributed by atoms with van der Waals surface area (Å²) in [6.45, 7) is 9.24. The van der Waals surface area contributed by atoms with Gasteiger partial charge in [-0.05, 0) is 62.4 Å². The largest absolute Gasteiger partial charge is 0.377 e. The molecular formula is C32H38N6O7. The Kier molecular flexibility index (Phi) is 10.7. The van der Waals surface area contributed by atoms with Gasteiger partial charge in [-0.25, -0.2) is 9.68 Å². The number of carbonyl (C=O) groups excluding carboxylic acids is 2. The second kappa shape index (κ2) is 15.1. The maximum Gasteiger partial charge on any atom is 0.221 e. The number of benzene rings is 2. The van der Waals surface area contributed by atoms with Gasteiger partial charge in [0, 0.05) is 36.0 Å². The minimum atomic E-state index is -0.201. The van der Waals surface area contributed by atoms with Gasteiger partial charge in [-0.15, -0.1) is 10.3 Å². The molecule has 0 unspecified atom stereocenters. The fraction of sp³-hybridized carbons (Fsp3) is 0.375. The van der Waals surface area contributed by atoms with Crippen molar-refractivity contribution < 1.29 is 33.5 Å². The van der Waals surface area contributed by atoms with Gasteiger partial charge in [0.2, 0.25) is 11.8 Å². The van der Waals surface area contributed by atoms with E-state index in [1.165, 1.54) is 24.2 Å². The minimum Gasteiger partial charge on any atom is -0.377 e. The van der Waals surface area contributed by atoms with Crippen LogP contribution in [0.3, 0.4) is 0 Å². The van der Waals surface area contributed by atoms with Gasteiger partial charge in [-0.3, -0.25) is 19.6 Å². The molecule has 1 fully saturated rings. The highest BCUT2D eigenvalue weighted by atomic mass is 16.8. The van der Waals surface area contributed by atoms with Crippen LogP contribution in [0.5, 0.6) is 0 Å². The number of aromatic nitrogens is 2. The van der Waals surface area contributed by atoms with Crippen molar-refractivity contribution in [2.75, 3.05) is 73.8 Å². The lowest BCUT2D eigenvalue weighted by molar-refractivity contribution is -0.115. The van der Waals surface area contributed by atoms with Crippen LogP contribution in [0.4, 0.5) is 22.7 Å². The van der Waals surface area contributed by atoms with Crippen molar-refractivity contribution in [3.05, 3.63) is 59.9 Å². The van der Waals surface area contributed by atoms with E-state index in [9.17, 15) is 9.59 Å². The van der Waals surface area contributed by atoms with E-state index >= 15 is 0 Å². The van der Waals surface area contributed by atoms with E-state index in [2.05, 4.69) is 10.6 Å². The Morgan fingerprint density at radius 2 is 0.956 bits per heavy atom. The number of hydrazine groups is 1. The Labute approximate surface area is 261 Å². The van der Waals surface area contributed by atoms with Gasteiger partial charge in [0.1, 0.15) is 35.6 Å². The molecule has 45 heavy (non-hydrogen) atoms. The monoisotopic (exact) mass is 618 g/mol. The van der Waals surface area contributed by atoms with Gasteiger partial charge >= 0.3 is 0 Å². The summed E-state index contributed by atoms with van der Waals surface area (Å²) < 4.78 is 17.1. The molecule has 1 aliphatic rings. The van der Waals surface area contributed by atoms with Crippen LogP contribution in [0.1, 0.15) is 25.2 Å². The third-order valence-corrected chi connectivity index (χ3v) is 6.78. The number of carbonyl (C=O) groups is 2. The number of hydrogen-bond donors (Lipinski definition) is 2. The third-order valence-electron chi connectivity index (χ3n) is 6.78. The molecule has 1 aliphatic heterocycles. The molecule has 5 rings (SSSR count). The van der Waals surface area contributed by atoms with Gasteiger partial charge in [0.25, 0.3) is 0 Å². The average molecular weight is 619 g/mol. The molecule has 0 bridgehead atoms. The number of nitrogens with one attached hydrogen (secondary N) is 2. The van der Waals surface area contributed by atoms with Crippen molar-refractivity contribution in [2.45, 2.75) is 27.7 Å². The highest BCUT2D eigenvalue weighted by Gasteiger charge is 2.27. The second-order valence-corrected chi connectivity index (χ2v) is 10.4. The SMILES string of the molecule is CC(=O)Nc1ccc(N2OCCOCCOCCOCCON2c2ccc(NC(C)=O)c3ccc(C)nc23)c2nc(C)ccc12. The molecule has 0 atom stereocenters. The number of rotatable bonds is 4. The number of fused-ring (bicyclic) bond motifs is 2. The van der Waals surface area contributed by atoms with E-state index < -0.39 is 0 Å². The lowest BCUT2D eigenvalue weighted by Crippen LogP contribution is -2.45. The number of ether oxygens (including phenoxy) is 3. The predicted octanol–water partition coefficient (Wildman–Crippen LogP) is 4.47. The van der Waals surface area contributed by atoms with Crippen LogP contribution in [0, 0.1) is 13.8 Å². The van der Waals surface area contributed by atoms with E-state index in [0.29, 0.717) is 71.0 Å². The molecule has 2 N–H and O–H groups in total. The van der Waals surface area contributed by atoms with Crippen molar-refractivity contribution in [1.29, 1.82) is 0 Å². The average Bonchev–Trinajstić information content (AvgIpc) is 3.00. The van der Waals surface area contributed by atoms with Crippen LogP contribution in [-0.2, 0) is 33.5 Å². The molecule has 0 spiro atoms. The molecule has 1 saturated heterocycles. The smallest absolute Gasteiger partial charge is 0.221 e. The van der Waals surface area contributed by atoms with Crippen LogP contribution in [0.25, 0.3) is 21.8 Å². The van der Waals surface area contributed by atoms with E-state index in [-0.39, 0.29) is 38.2 Å². The fourth-order valence-electron chi connectivity index (χ4n) is 4.85. The van der Waals surface area contributed by atoms with Crippen molar-refractivity contribution >= 4 is 56.4 Å². The van der Waals surface area contributed by atoms with Crippen molar-refractivity contribution in [3.63, 3.8) is 0 Å². The lowest BCUT2D eigenvalue weighted by Gasteiger charge is -2.36. The standard InChI is InChI=1S/C32H38N6O7/c1-21-5-7-25-27(35-23(3)39)9-11-29(31(25)33-21)37-38(45-20-18-43-16-14-41-13-15-42-17-19-44-37)30-12-10-28(36-24(4)40)26-8-6-22(2)34-32(26)30/h5-12H,13-20H2,1-4H3,(H,35,39)(H,36,40). The Hall–Kier alpha value is -4.40. The van der Waals surface area contributed by atoms with E-state index in [1.807, 2.05) is 50.2 Å². The van der Waals surface area contributed by atoms with E-state index in [1.54, 1.807) is 12.1 Å². The Bertz CT molecular complexity index is 1550. The number of anilines is 4. The zero-order valence-corrected chi connectivity index (χ0v) is 25.9. The van der Waals surface area contributed by atoms with Crippen LogP contribution in [0.15, 0.2) is 48.5 Å². The Morgan fingerprint density at radius 3 is 1.33 bits per heavy atom. The molecule has 2 aromatic heterocycles. The quantitative estimate of drug-likeness (QED) is 0.335. The third kappa shape index (κ3) is 8.01. The molecule has 2 aromatic carbocycles. The number of amides is 2. The maximum atomic E-state index is 12.0. The zero-order valence-electron chi connectivity index (χ0n) is 25.9. The number of aryl methyl sites for hydroxylation is 2. The minimum absolute atomic E-state index is 0.158.